The van der Waals surface area contributed by atoms with Gasteiger partial charge < -0.3 is 25.0 Å². The molecule has 1 aromatic carbocycles. The summed E-state index contributed by atoms with van der Waals surface area (Å²) in [7, 11) is 0. The molecule has 4 aromatic rings. The third-order valence-corrected chi connectivity index (χ3v) is 6.51. The molecule has 2 amide bonds. The number of aliphatic hydroxyl groups excluding tert-OH is 1. The molecule has 2 N–H and O–H groups in total. The molecule has 41 heavy (non-hydrogen) atoms. The lowest BCUT2D eigenvalue weighted by Gasteiger charge is -2.36. The van der Waals surface area contributed by atoms with E-state index in [4.69, 9.17) is 4.74 Å². The Morgan fingerprint density at radius 2 is 1.80 bits per heavy atom. The number of aromatic nitrogens is 5. The Bertz CT molecular complexity index is 1550. The van der Waals surface area contributed by atoms with Gasteiger partial charge in [0.1, 0.15) is 11.8 Å². The van der Waals surface area contributed by atoms with Crippen LogP contribution in [-0.4, -0.2) is 73.3 Å². The minimum atomic E-state index is -2.93. The van der Waals surface area contributed by atoms with E-state index in [0.29, 0.717) is 37.4 Å². The molecule has 0 bridgehead atoms. The summed E-state index contributed by atoms with van der Waals surface area (Å²) in [5.41, 5.74) is 0.799. The van der Waals surface area contributed by atoms with Crippen molar-refractivity contribution in [1.82, 2.24) is 24.4 Å². The van der Waals surface area contributed by atoms with Crippen molar-refractivity contribution in [1.29, 1.82) is 0 Å². The van der Waals surface area contributed by atoms with Crippen LogP contribution in [0.25, 0.3) is 5.69 Å². The number of hydrogen-bond acceptors (Lipinski definition) is 7. The molecule has 0 atom stereocenters. The van der Waals surface area contributed by atoms with Gasteiger partial charge in [0.2, 0.25) is 6.20 Å². The third kappa shape index (κ3) is 6.11. The van der Waals surface area contributed by atoms with Crippen molar-refractivity contribution in [3.8, 4) is 5.69 Å². The quantitative estimate of drug-likeness (QED) is 0.343. The van der Waals surface area contributed by atoms with Gasteiger partial charge in [-0.05, 0) is 49.2 Å². The summed E-state index contributed by atoms with van der Waals surface area (Å²) in [5.74, 6) is -0.644. The third-order valence-electron chi connectivity index (χ3n) is 6.51. The van der Waals surface area contributed by atoms with Gasteiger partial charge in [0.15, 0.2) is 5.69 Å². The number of carbonyl (C=O) groups excluding carboxylic acids is 2. The van der Waals surface area contributed by atoms with Crippen LogP contribution in [0.1, 0.15) is 48.9 Å². The minimum Gasteiger partial charge on any atom is -0.444 e. The molecule has 4 heterocycles. The van der Waals surface area contributed by atoms with Crippen molar-refractivity contribution in [3.05, 3.63) is 72.1 Å². The van der Waals surface area contributed by atoms with Crippen molar-refractivity contribution in [2.24, 2.45) is 0 Å². The predicted molar refractivity (Wildman–Crippen MR) is 143 cm³/mol. The van der Waals surface area contributed by atoms with Crippen molar-refractivity contribution >= 4 is 23.4 Å². The van der Waals surface area contributed by atoms with Crippen molar-refractivity contribution in [2.45, 2.75) is 39.4 Å². The summed E-state index contributed by atoms with van der Waals surface area (Å²) in [6.07, 6.45) is 2.80. The predicted octanol–water partition coefficient (Wildman–Crippen LogP) is 2.84. The zero-order valence-corrected chi connectivity index (χ0v) is 22.9. The van der Waals surface area contributed by atoms with Gasteiger partial charge in [0, 0.05) is 31.3 Å². The molecule has 0 unspecified atom stereocenters. The monoisotopic (exact) mass is 569 g/mol. The number of alkyl halides is 2. The zero-order valence-electron chi connectivity index (χ0n) is 22.9. The Morgan fingerprint density at radius 3 is 2.44 bits per heavy atom. The van der Waals surface area contributed by atoms with E-state index in [2.05, 4.69) is 20.4 Å². The number of ether oxygens (including phenoxy) is 1. The molecule has 3 aromatic heterocycles. The van der Waals surface area contributed by atoms with Gasteiger partial charge >= 0.3 is 12.0 Å². The average molecular weight is 570 g/mol. The number of anilines is 2. The first-order chi connectivity index (χ1) is 19.5. The first-order valence-electron chi connectivity index (χ1n) is 13.0. The van der Waals surface area contributed by atoms with Gasteiger partial charge in [-0.15, -0.1) is 4.52 Å². The summed E-state index contributed by atoms with van der Waals surface area (Å²) in [6, 6.07) is 8.42. The number of carbonyl (C=O) groups is 2. The first-order valence-corrected chi connectivity index (χ1v) is 13.0. The summed E-state index contributed by atoms with van der Waals surface area (Å²) < 4.78 is 37.3. The van der Waals surface area contributed by atoms with Crippen LogP contribution in [0.2, 0.25) is 0 Å². The lowest BCUT2D eigenvalue weighted by atomic mass is 10.2. The number of benzene rings is 1. The molecule has 5 rings (SSSR count). The highest BCUT2D eigenvalue weighted by Crippen LogP contribution is 2.27. The first kappa shape index (κ1) is 28.0. The van der Waals surface area contributed by atoms with Crippen molar-refractivity contribution in [2.75, 3.05) is 36.4 Å². The standard InChI is InChI=1S/C27H30F2N8O4/c1-27(2,3)41-26(40)34-12-10-33(11-13-34)20-8-9-37-30-14-22(36(37)15-20)25(39)31-21-16-35(32-23(21)24(28)29)19-6-4-18(17-38)5-7-19/h4-9,14-16,24,38H,10-13,17H2,1-3H3/p+1. The Kier molecular flexibility index (Phi) is 7.58. The largest absolute Gasteiger partial charge is 0.444 e. The maximum atomic E-state index is 13.8. The number of piperazine rings is 1. The number of rotatable bonds is 6. The van der Waals surface area contributed by atoms with Crippen LogP contribution in [0.3, 0.4) is 0 Å². The highest BCUT2D eigenvalue weighted by molar-refractivity contribution is 6.02. The fraction of sp³-hybridized carbons (Fsp3) is 0.370. The lowest BCUT2D eigenvalue weighted by molar-refractivity contribution is -0.624. The molecular weight excluding hydrogens is 538 g/mol. The van der Waals surface area contributed by atoms with Crippen LogP contribution in [0, 0.1) is 0 Å². The molecule has 0 aliphatic carbocycles. The van der Waals surface area contributed by atoms with E-state index in [1.165, 1.54) is 26.2 Å². The molecule has 1 aliphatic heterocycles. The molecule has 0 radical (unpaired) electrons. The molecule has 12 nitrogen and oxygen atoms in total. The number of amides is 2. The number of hydrogen-bond donors (Lipinski definition) is 2. The number of nitrogens with one attached hydrogen (secondary N) is 1. The van der Waals surface area contributed by atoms with Gasteiger partial charge in [-0.25, -0.2) is 18.3 Å². The van der Waals surface area contributed by atoms with Crippen LogP contribution >= 0.6 is 0 Å². The number of nitrogens with zero attached hydrogens (tertiary/aromatic N) is 7. The molecule has 216 valence electrons. The van der Waals surface area contributed by atoms with Crippen LogP contribution in [0.5, 0.6) is 0 Å². The topological polar surface area (TPSA) is 121 Å². The summed E-state index contributed by atoms with van der Waals surface area (Å²) in [5, 5.41) is 20.0. The highest BCUT2D eigenvalue weighted by Gasteiger charge is 2.28. The Balaban J connectivity index is 1.33. The van der Waals surface area contributed by atoms with E-state index in [1.54, 1.807) is 41.6 Å². The summed E-state index contributed by atoms with van der Waals surface area (Å²) >= 11 is 0. The van der Waals surface area contributed by atoms with Crippen LogP contribution in [0.4, 0.5) is 25.0 Å². The van der Waals surface area contributed by atoms with E-state index >= 15 is 0 Å². The SMILES string of the molecule is CC(C)(C)OC(=O)N1CCN(c2ccn3ncc(C(=O)Nc4cn(-c5ccc(CO)cc5)nc4C(F)F)[n+]3c2)CC1. The second-order valence-electron chi connectivity index (χ2n) is 10.6. The van der Waals surface area contributed by atoms with Gasteiger partial charge in [-0.2, -0.15) is 5.10 Å². The van der Waals surface area contributed by atoms with E-state index in [0.717, 1.165) is 5.69 Å². The van der Waals surface area contributed by atoms with Gasteiger partial charge in [-0.3, -0.25) is 4.79 Å². The molecular formula is C27H31F2N8O4+. The van der Waals surface area contributed by atoms with Crippen LogP contribution in [-0.2, 0) is 11.3 Å². The summed E-state index contributed by atoms with van der Waals surface area (Å²) in [6.45, 7) is 7.38. The van der Waals surface area contributed by atoms with Crippen molar-refractivity contribution < 1.29 is 32.7 Å². The van der Waals surface area contributed by atoms with E-state index in [-0.39, 0.29) is 24.1 Å². The van der Waals surface area contributed by atoms with E-state index in [9.17, 15) is 23.5 Å². The normalized spacial score (nSPS) is 14.1. The number of fused-ring (bicyclic) bond motifs is 1. The fourth-order valence-corrected chi connectivity index (χ4v) is 4.43. The van der Waals surface area contributed by atoms with Crippen molar-refractivity contribution in [3.63, 3.8) is 0 Å². The second kappa shape index (κ2) is 11.1. The van der Waals surface area contributed by atoms with E-state index < -0.39 is 23.6 Å². The Morgan fingerprint density at radius 1 is 1.10 bits per heavy atom. The number of halogens is 2. The van der Waals surface area contributed by atoms with E-state index in [1.807, 2.05) is 26.8 Å². The smallest absolute Gasteiger partial charge is 0.410 e. The molecule has 1 fully saturated rings. The highest BCUT2D eigenvalue weighted by atomic mass is 19.3. The molecule has 0 spiro atoms. The Hall–Kier alpha value is -4.59. The minimum absolute atomic E-state index is 0.125. The second-order valence-corrected chi connectivity index (χ2v) is 10.6. The van der Waals surface area contributed by atoms with Crippen LogP contribution < -0.4 is 14.7 Å². The fourth-order valence-electron chi connectivity index (χ4n) is 4.43. The van der Waals surface area contributed by atoms with Crippen LogP contribution in [0.15, 0.2) is 55.1 Å². The lowest BCUT2D eigenvalue weighted by Crippen LogP contribution is -2.50. The summed E-state index contributed by atoms with van der Waals surface area (Å²) in [4.78, 5) is 29.4. The maximum Gasteiger partial charge on any atom is 0.410 e. The zero-order chi connectivity index (χ0) is 29.3. The van der Waals surface area contributed by atoms with Gasteiger partial charge in [-0.1, -0.05) is 12.1 Å². The maximum absolute atomic E-state index is 13.8. The molecule has 0 saturated carbocycles. The molecule has 14 heteroatoms. The average Bonchev–Trinajstić information content (AvgIpc) is 3.56. The van der Waals surface area contributed by atoms with Gasteiger partial charge in [0.05, 0.1) is 36.1 Å². The molecule has 1 saturated heterocycles. The molecule has 1 aliphatic rings. The Labute approximate surface area is 234 Å². The number of aliphatic hydroxyl groups is 1. The van der Waals surface area contributed by atoms with Gasteiger partial charge in [0.25, 0.3) is 12.1 Å².